The van der Waals surface area contributed by atoms with Crippen molar-refractivity contribution in [2.75, 3.05) is 0 Å². The van der Waals surface area contributed by atoms with Crippen LogP contribution in [0.15, 0.2) is 42.5 Å². The predicted octanol–water partition coefficient (Wildman–Crippen LogP) is 2.97. The van der Waals surface area contributed by atoms with Crippen molar-refractivity contribution in [3.8, 4) is 5.75 Å². The Kier molecular flexibility index (Phi) is 4.91. The van der Waals surface area contributed by atoms with Crippen molar-refractivity contribution in [2.45, 2.75) is 13.8 Å². The highest BCUT2D eigenvalue weighted by molar-refractivity contribution is 5.18. The molecule has 0 bridgehead atoms. The zero-order valence-electron chi connectivity index (χ0n) is 7.04. The summed E-state index contributed by atoms with van der Waals surface area (Å²) in [6.45, 7) is 7.50. The Bertz CT molecular complexity index is 197. The number of para-hydroxylation sites is 1. The summed E-state index contributed by atoms with van der Waals surface area (Å²) >= 11 is 0. The first kappa shape index (κ1) is 9.76. The number of aromatic hydroxyl groups is 1. The Morgan fingerprint density at radius 2 is 1.55 bits per heavy atom. The van der Waals surface area contributed by atoms with E-state index in [1.165, 1.54) is 5.57 Å². The molecule has 0 unspecified atom stereocenters. The van der Waals surface area contributed by atoms with Crippen molar-refractivity contribution >= 4 is 0 Å². The summed E-state index contributed by atoms with van der Waals surface area (Å²) < 4.78 is 0. The molecular weight excluding hydrogens is 136 g/mol. The lowest BCUT2D eigenvalue weighted by Crippen LogP contribution is -1.56. The van der Waals surface area contributed by atoms with Gasteiger partial charge in [-0.05, 0) is 26.0 Å². The number of hydrogen-bond acceptors (Lipinski definition) is 1. The van der Waals surface area contributed by atoms with E-state index in [0.717, 1.165) is 0 Å². The first-order valence-electron chi connectivity index (χ1n) is 3.49. The summed E-state index contributed by atoms with van der Waals surface area (Å²) in [6.07, 6.45) is 0. The molecule has 0 saturated carbocycles. The third-order valence-electron chi connectivity index (χ3n) is 0.756. The molecule has 0 atom stereocenters. The average molecular weight is 150 g/mol. The number of hydrogen-bond donors (Lipinski definition) is 1. The van der Waals surface area contributed by atoms with Gasteiger partial charge in [-0.25, -0.2) is 0 Å². The summed E-state index contributed by atoms with van der Waals surface area (Å²) in [5.74, 6) is 0.322. The van der Waals surface area contributed by atoms with Gasteiger partial charge < -0.3 is 5.11 Å². The first-order valence-corrected chi connectivity index (χ1v) is 3.49. The quantitative estimate of drug-likeness (QED) is 0.564. The highest BCUT2D eigenvalue weighted by Gasteiger charge is 1.74. The minimum atomic E-state index is 0.322. The van der Waals surface area contributed by atoms with E-state index in [9.17, 15) is 0 Å². The van der Waals surface area contributed by atoms with Crippen molar-refractivity contribution in [2.24, 2.45) is 0 Å². The van der Waals surface area contributed by atoms with E-state index in [0.29, 0.717) is 5.75 Å². The molecule has 1 heteroatoms. The van der Waals surface area contributed by atoms with Gasteiger partial charge >= 0.3 is 0 Å². The number of allylic oxidation sites excluding steroid dienone is 1. The van der Waals surface area contributed by atoms with Gasteiger partial charge in [0.2, 0.25) is 0 Å². The third kappa shape index (κ3) is 8.76. The monoisotopic (exact) mass is 150 g/mol. The summed E-state index contributed by atoms with van der Waals surface area (Å²) in [5.41, 5.74) is 1.17. The molecule has 0 aliphatic heterocycles. The van der Waals surface area contributed by atoms with E-state index < -0.39 is 0 Å². The number of rotatable bonds is 0. The fraction of sp³-hybridized carbons (Fsp3) is 0.200. The molecule has 0 heterocycles. The predicted molar refractivity (Wildman–Crippen MR) is 48.6 cm³/mol. The second kappa shape index (κ2) is 5.54. The number of phenolic OH excluding ortho intramolecular Hbond substituents is 1. The number of phenols is 1. The molecule has 0 saturated heterocycles. The molecule has 1 aromatic carbocycles. The second-order valence-electron chi connectivity index (χ2n) is 2.54. The highest BCUT2D eigenvalue weighted by Crippen LogP contribution is 2.02. The molecule has 0 aliphatic carbocycles. The van der Waals surface area contributed by atoms with Crippen LogP contribution in [0, 0.1) is 0 Å². The van der Waals surface area contributed by atoms with Crippen LogP contribution >= 0.6 is 0 Å². The van der Waals surface area contributed by atoms with Crippen LogP contribution in [0.3, 0.4) is 0 Å². The Morgan fingerprint density at radius 1 is 1.18 bits per heavy atom. The minimum Gasteiger partial charge on any atom is -0.508 e. The summed E-state index contributed by atoms with van der Waals surface area (Å²) in [7, 11) is 0. The molecule has 0 aliphatic rings. The van der Waals surface area contributed by atoms with Gasteiger partial charge in [0, 0.05) is 0 Å². The van der Waals surface area contributed by atoms with Gasteiger partial charge in [-0.3, -0.25) is 0 Å². The molecule has 1 N–H and O–H groups in total. The Balaban J connectivity index is 0.000000218. The molecule has 0 spiro atoms. The van der Waals surface area contributed by atoms with Gasteiger partial charge in [-0.1, -0.05) is 23.8 Å². The molecule has 11 heavy (non-hydrogen) atoms. The fourth-order valence-corrected chi connectivity index (χ4v) is 0.428. The number of benzene rings is 1. The van der Waals surface area contributed by atoms with Crippen LogP contribution in [0.1, 0.15) is 13.8 Å². The van der Waals surface area contributed by atoms with Gasteiger partial charge in [0.1, 0.15) is 5.75 Å². The van der Waals surface area contributed by atoms with Crippen molar-refractivity contribution in [3.05, 3.63) is 42.5 Å². The van der Waals surface area contributed by atoms with E-state index in [2.05, 4.69) is 6.58 Å². The van der Waals surface area contributed by atoms with Crippen molar-refractivity contribution in [1.29, 1.82) is 0 Å². The second-order valence-corrected chi connectivity index (χ2v) is 2.54. The lowest BCUT2D eigenvalue weighted by molar-refractivity contribution is 0.475. The van der Waals surface area contributed by atoms with Crippen LogP contribution in [0.4, 0.5) is 0 Å². The summed E-state index contributed by atoms with van der Waals surface area (Å²) in [5, 5.41) is 8.63. The maximum Gasteiger partial charge on any atom is 0.115 e. The van der Waals surface area contributed by atoms with Crippen LogP contribution in [0.2, 0.25) is 0 Å². The van der Waals surface area contributed by atoms with Crippen LogP contribution in [-0.2, 0) is 0 Å². The van der Waals surface area contributed by atoms with Crippen molar-refractivity contribution < 1.29 is 5.11 Å². The van der Waals surface area contributed by atoms with E-state index in [4.69, 9.17) is 5.11 Å². The lowest BCUT2D eigenvalue weighted by atomic mass is 10.3. The average Bonchev–Trinajstić information content (AvgIpc) is 1.87. The first-order chi connectivity index (χ1) is 5.13. The molecule has 0 aromatic heterocycles. The molecule has 0 radical (unpaired) electrons. The molecule has 1 rings (SSSR count). The van der Waals surface area contributed by atoms with Gasteiger partial charge in [-0.2, -0.15) is 0 Å². The Hall–Kier alpha value is -1.24. The van der Waals surface area contributed by atoms with Crippen molar-refractivity contribution in [1.82, 2.24) is 0 Å². The van der Waals surface area contributed by atoms with Gasteiger partial charge in [0.15, 0.2) is 0 Å². The van der Waals surface area contributed by atoms with Crippen LogP contribution in [0.5, 0.6) is 5.75 Å². The third-order valence-corrected chi connectivity index (χ3v) is 0.756. The molecule has 0 fully saturated rings. The van der Waals surface area contributed by atoms with E-state index in [-0.39, 0.29) is 0 Å². The maximum absolute atomic E-state index is 8.63. The van der Waals surface area contributed by atoms with Crippen LogP contribution in [-0.4, -0.2) is 5.11 Å². The van der Waals surface area contributed by atoms with E-state index in [1.54, 1.807) is 24.3 Å². The van der Waals surface area contributed by atoms with E-state index >= 15 is 0 Å². The van der Waals surface area contributed by atoms with Crippen LogP contribution < -0.4 is 0 Å². The normalized spacial score (nSPS) is 7.82. The largest absolute Gasteiger partial charge is 0.508 e. The van der Waals surface area contributed by atoms with Crippen LogP contribution in [0.25, 0.3) is 0 Å². The van der Waals surface area contributed by atoms with Gasteiger partial charge in [0.05, 0.1) is 0 Å². The zero-order chi connectivity index (χ0) is 8.69. The molecule has 0 amide bonds. The smallest absolute Gasteiger partial charge is 0.115 e. The maximum atomic E-state index is 8.63. The lowest BCUT2D eigenvalue weighted by Gasteiger charge is -1.82. The molecule has 1 nitrogen and oxygen atoms in total. The minimum absolute atomic E-state index is 0.322. The molecule has 60 valence electrons. The van der Waals surface area contributed by atoms with Gasteiger partial charge in [0.25, 0.3) is 0 Å². The fourth-order valence-electron chi connectivity index (χ4n) is 0.428. The standard InChI is InChI=1S/C6H6O.C4H8/c7-6-4-2-1-3-5-6;1-4(2)3/h1-5,7H;1H2,2-3H3. The summed E-state index contributed by atoms with van der Waals surface area (Å²) in [4.78, 5) is 0. The topological polar surface area (TPSA) is 20.2 Å². The zero-order valence-corrected chi connectivity index (χ0v) is 7.04. The Labute approximate surface area is 68.0 Å². The molecular formula is C10H14O. The van der Waals surface area contributed by atoms with E-state index in [1.807, 2.05) is 19.9 Å². The molecule has 1 aromatic rings. The van der Waals surface area contributed by atoms with Crippen molar-refractivity contribution in [3.63, 3.8) is 0 Å². The highest BCUT2D eigenvalue weighted by atomic mass is 16.3. The Morgan fingerprint density at radius 3 is 1.73 bits per heavy atom. The van der Waals surface area contributed by atoms with Gasteiger partial charge in [-0.15, -0.1) is 6.58 Å². The SMILES string of the molecule is C=C(C)C.Oc1ccccc1. The summed E-state index contributed by atoms with van der Waals surface area (Å²) in [6, 6.07) is 8.71.